The van der Waals surface area contributed by atoms with Gasteiger partial charge in [-0.2, -0.15) is 5.10 Å². The second-order valence-electron chi connectivity index (χ2n) is 6.45. The number of hydrogen-bond acceptors (Lipinski definition) is 4. The molecule has 0 saturated carbocycles. The van der Waals surface area contributed by atoms with Gasteiger partial charge in [-0.05, 0) is 82.7 Å². The molecule has 0 bridgehead atoms. The fourth-order valence-corrected chi connectivity index (χ4v) is 3.72. The summed E-state index contributed by atoms with van der Waals surface area (Å²) in [6, 6.07) is 9.48. The van der Waals surface area contributed by atoms with E-state index in [0.29, 0.717) is 12.4 Å². The van der Waals surface area contributed by atoms with Gasteiger partial charge in [-0.1, -0.05) is 29.8 Å². The lowest BCUT2D eigenvalue weighted by Crippen LogP contribution is -2.25. The smallest absolute Gasteiger partial charge is 0.277 e. The molecule has 0 aliphatic heterocycles. The number of benzene rings is 2. The SMILES string of the molecule is CCOc1ccc(C=NNC(=O)COc2c(C(C)C)cc(Br)c(C)c2Br)cc1. The van der Waals surface area contributed by atoms with Crippen molar-refractivity contribution in [3.63, 3.8) is 0 Å². The first-order chi connectivity index (χ1) is 13.3. The largest absolute Gasteiger partial charge is 0.494 e. The molecule has 2 aromatic rings. The Balaban J connectivity index is 1.96. The van der Waals surface area contributed by atoms with Gasteiger partial charge in [0.2, 0.25) is 0 Å². The number of ether oxygens (including phenoxy) is 2. The molecule has 0 aliphatic carbocycles. The Morgan fingerprint density at radius 1 is 1.21 bits per heavy atom. The first-order valence-electron chi connectivity index (χ1n) is 8.99. The first kappa shape index (κ1) is 22.4. The van der Waals surface area contributed by atoms with Crippen molar-refractivity contribution >= 4 is 44.0 Å². The standard InChI is InChI=1S/C21H24Br2N2O3/c1-5-27-16-8-6-15(7-9-16)11-24-25-19(26)12-28-21-17(13(2)3)10-18(22)14(4)20(21)23/h6-11,13H,5,12H2,1-4H3,(H,25,26). The van der Waals surface area contributed by atoms with Crippen molar-refractivity contribution in [1.82, 2.24) is 5.43 Å². The lowest BCUT2D eigenvalue weighted by Gasteiger charge is -2.18. The highest BCUT2D eigenvalue weighted by Crippen LogP contribution is 2.40. The monoisotopic (exact) mass is 510 g/mol. The molecular formula is C21H24Br2N2O3. The highest BCUT2D eigenvalue weighted by molar-refractivity contribution is 9.11. The third-order valence-corrected chi connectivity index (χ3v) is 5.77. The van der Waals surface area contributed by atoms with Crippen molar-refractivity contribution in [3.8, 4) is 11.5 Å². The molecule has 0 saturated heterocycles. The van der Waals surface area contributed by atoms with Crippen molar-refractivity contribution < 1.29 is 14.3 Å². The van der Waals surface area contributed by atoms with E-state index >= 15 is 0 Å². The number of nitrogens with one attached hydrogen (secondary N) is 1. The molecule has 0 heterocycles. The molecule has 2 rings (SSSR count). The van der Waals surface area contributed by atoms with Crippen molar-refractivity contribution in [1.29, 1.82) is 0 Å². The summed E-state index contributed by atoms with van der Waals surface area (Å²) in [5.74, 6) is 1.41. The van der Waals surface area contributed by atoms with Crippen LogP contribution in [0.2, 0.25) is 0 Å². The number of carbonyl (C=O) groups excluding carboxylic acids is 1. The van der Waals surface area contributed by atoms with Crippen molar-refractivity contribution in [2.24, 2.45) is 5.10 Å². The van der Waals surface area contributed by atoms with Crippen molar-refractivity contribution in [2.75, 3.05) is 13.2 Å². The number of nitrogens with zero attached hydrogens (tertiary/aromatic N) is 1. The molecule has 0 aliphatic rings. The number of carbonyl (C=O) groups is 1. The normalized spacial score (nSPS) is 11.1. The molecule has 7 heteroatoms. The zero-order valence-electron chi connectivity index (χ0n) is 16.4. The highest BCUT2D eigenvalue weighted by atomic mass is 79.9. The summed E-state index contributed by atoms with van der Waals surface area (Å²) in [7, 11) is 0. The summed E-state index contributed by atoms with van der Waals surface area (Å²) in [6.45, 7) is 8.57. The maximum Gasteiger partial charge on any atom is 0.277 e. The minimum atomic E-state index is -0.329. The maximum atomic E-state index is 12.1. The third kappa shape index (κ3) is 6.07. The molecule has 5 nitrogen and oxygen atoms in total. The summed E-state index contributed by atoms with van der Waals surface area (Å²) in [4.78, 5) is 12.1. The van der Waals surface area contributed by atoms with Crippen LogP contribution in [0.15, 0.2) is 44.4 Å². The Bertz CT molecular complexity index is 850. The van der Waals surface area contributed by atoms with Crippen LogP contribution in [0, 0.1) is 6.92 Å². The number of hydrogen-bond donors (Lipinski definition) is 1. The summed E-state index contributed by atoms with van der Waals surface area (Å²) in [5, 5.41) is 3.98. The molecule has 1 amide bonds. The molecule has 2 aromatic carbocycles. The van der Waals surface area contributed by atoms with E-state index in [1.54, 1.807) is 6.21 Å². The van der Waals surface area contributed by atoms with Gasteiger partial charge in [0, 0.05) is 4.47 Å². The summed E-state index contributed by atoms with van der Waals surface area (Å²) < 4.78 is 13.0. The second-order valence-corrected chi connectivity index (χ2v) is 8.10. The van der Waals surface area contributed by atoms with E-state index in [1.165, 1.54) is 0 Å². The van der Waals surface area contributed by atoms with Crippen LogP contribution >= 0.6 is 31.9 Å². The van der Waals surface area contributed by atoms with Crippen LogP contribution < -0.4 is 14.9 Å². The maximum absolute atomic E-state index is 12.1. The van der Waals surface area contributed by atoms with Gasteiger partial charge in [0.25, 0.3) is 5.91 Å². The molecule has 28 heavy (non-hydrogen) atoms. The fourth-order valence-electron chi connectivity index (χ4n) is 2.45. The van der Waals surface area contributed by atoms with Gasteiger partial charge in [-0.3, -0.25) is 4.79 Å². The summed E-state index contributed by atoms with van der Waals surface area (Å²) in [6.07, 6.45) is 1.58. The minimum absolute atomic E-state index is 0.125. The molecule has 150 valence electrons. The molecular weight excluding hydrogens is 488 g/mol. The predicted molar refractivity (Wildman–Crippen MR) is 120 cm³/mol. The van der Waals surface area contributed by atoms with Crippen LogP contribution in [-0.2, 0) is 4.79 Å². The fraction of sp³-hybridized carbons (Fsp3) is 0.333. The topological polar surface area (TPSA) is 59.9 Å². The molecule has 0 fully saturated rings. The van der Waals surface area contributed by atoms with Gasteiger partial charge in [-0.25, -0.2) is 5.43 Å². The van der Waals surface area contributed by atoms with E-state index in [9.17, 15) is 4.79 Å². The van der Waals surface area contributed by atoms with E-state index in [2.05, 4.69) is 56.2 Å². The molecule has 0 radical (unpaired) electrons. The van der Waals surface area contributed by atoms with Gasteiger partial charge < -0.3 is 9.47 Å². The second kappa shape index (κ2) is 10.6. The Kier molecular flexibility index (Phi) is 8.51. The summed E-state index contributed by atoms with van der Waals surface area (Å²) >= 11 is 7.13. The van der Waals surface area contributed by atoms with E-state index in [-0.39, 0.29) is 18.4 Å². The van der Waals surface area contributed by atoms with E-state index in [0.717, 1.165) is 31.4 Å². The van der Waals surface area contributed by atoms with Crippen LogP contribution in [0.25, 0.3) is 0 Å². The van der Waals surface area contributed by atoms with Crippen molar-refractivity contribution in [3.05, 3.63) is 56.0 Å². The quantitative estimate of drug-likeness (QED) is 0.372. The van der Waals surface area contributed by atoms with Gasteiger partial charge in [0.1, 0.15) is 11.5 Å². The number of hydrazone groups is 1. The minimum Gasteiger partial charge on any atom is -0.494 e. The van der Waals surface area contributed by atoms with Gasteiger partial charge in [0.15, 0.2) is 6.61 Å². The third-order valence-electron chi connectivity index (χ3n) is 3.99. The first-order valence-corrected chi connectivity index (χ1v) is 10.6. The Morgan fingerprint density at radius 3 is 2.50 bits per heavy atom. The van der Waals surface area contributed by atoms with Crippen LogP contribution in [0.5, 0.6) is 11.5 Å². The van der Waals surface area contributed by atoms with E-state index in [4.69, 9.17) is 9.47 Å². The zero-order chi connectivity index (χ0) is 20.7. The molecule has 1 N–H and O–H groups in total. The molecule has 0 unspecified atom stereocenters. The van der Waals surface area contributed by atoms with E-state index in [1.807, 2.05) is 44.2 Å². The van der Waals surface area contributed by atoms with Crippen LogP contribution in [0.1, 0.15) is 43.4 Å². The molecule has 0 aromatic heterocycles. The average Bonchev–Trinajstić information content (AvgIpc) is 2.66. The van der Waals surface area contributed by atoms with E-state index < -0.39 is 0 Å². The number of halogens is 2. The zero-order valence-corrected chi connectivity index (χ0v) is 19.6. The highest BCUT2D eigenvalue weighted by Gasteiger charge is 2.17. The Hall–Kier alpha value is -1.86. The number of rotatable bonds is 8. The van der Waals surface area contributed by atoms with Gasteiger partial charge in [0.05, 0.1) is 17.3 Å². The van der Waals surface area contributed by atoms with Crippen LogP contribution in [0.3, 0.4) is 0 Å². The van der Waals surface area contributed by atoms with Gasteiger partial charge in [-0.15, -0.1) is 0 Å². The summed E-state index contributed by atoms with van der Waals surface area (Å²) in [5.41, 5.74) is 5.39. The molecule has 0 spiro atoms. The lowest BCUT2D eigenvalue weighted by molar-refractivity contribution is -0.123. The Labute approximate surface area is 182 Å². The average molecular weight is 512 g/mol. The predicted octanol–water partition coefficient (Wildman–Crippen LogP) is 5.57. The lowest BCUT2D eigenvalue weighted by atomic mass is 10.0. The van der Waals surface area contributed by atoms with Crippen LogP contribution in [0.4, 0.5) is 0 Å². The van der Waals surface area contributed by atoms with Crippen LogP contribution in [-0.4, -0.2) is 25.3 Å². The Morgan fingerprint density at radius 2 is 1.89 bits per heavy atom. The van der Waals surface area contributed by atoms with Gasteiger partial charge >= 0.3 is 0 Å². The molecule has 0 atom stereocenters. The van der Waals surface area contributed by atoms with Crippen molar-refractivity contribution in [2.45, 2.75) is 33.6 Å². The number of amides is 1.